The van der Waals surface area contributed by atoms with Gasteiger partial charge in [-0.2, -0.15) is 0 Å². The van der Waals surface area contributed by atoms with Gasteiger partial charge < -0.3 is 5.32 Å². The van der Waals surface area contributed by atoms with Crippen LogP contribution in [0.4, 0.5) is 0 Å². The molecule has 0 saturated heterocycles. The average Bonchev–Trinajstić information content (AvgIpc) is 2.43. The van der Waals surface area contributed by atoms with Gasteiger partial charge in [-0.05, 0) is 29.8 Å². The minimum absolute atomic E-state index is 0.186. The molecule has 6 nitrogen and oxygen atoms in total. The molecule has 0 bridgehead atoms. The summed E-state index contributed by atoms with van der Waals surface area (Å²) in [6.07, 6.45) is 1.71. The predicted octanol–water partition coefficient (Wildman–Crippen LogP) is 2.27. The molecule has 0 aliphatic carbocycles. The first kappa shape index (κ1) is 11.9. The van der Waals surface area contributed by atoms with E-state index in [1.165, 1.54) is 0 Å². The Morgan fingerprint density at radius 3 is 3.17 bits per heavy atom. The van der Waals surface area contributed by atoms with Gasteiger partial charge in [0.15, 0.2) is 0 Å². The Labute approximate surface area is 103 Å². The number of fused-ring (bicyclic) bond motifs is 1. The van der Waals surface area contributed by atoms with Gasteiger partial charge in [-0.3, -0.25) is 9.78 Å². The van der Waals surface area contributed by atoms with Crippen molar-refractivity contribution >= 4 is 16.8 Å². The maximum Gasteiger partial charge on any atom is 0.251 e. The third-order valence-electron chi connectivity index (χ3n) is 2.43. The molecule has 0 aliphatic heterocycles. The van der Waals surface area contributed by atoms with E-state index in [1.807, 2.05) is 12.1 Å². The van der Waals surface area contributed by atoms with Gasteiger partial charge in [-0.1, -0.05) is 11.2 Å². The van der Waals surface area contributed by atoms with Crippen molar-refractivity contribution in [2.45, 2.75) is 0 Å². The lowest BCUT2D eigenvalue weighted by atomic mass is 10.1. The van der Waals surface area contributed by atoms with Crippen molar-refractivity contribution in [3.63, 3.8) is 0 Å². The third kappa shape index (κ3) is 2.75. The number of rotatable bonds is 4. The lowest BCUT2D eigenvalue weighted by molar-refractivity contribution is 0.0955. The van der Waals surface area contributed by atoms with E-state index in [0.29, 0.717) is 12.1 Å². The molecular formula is C12H11N5O. The summed E-state index contributed by atoms with van der Waals surface area (Å²) in [6, 6.07) is 9.03. The average molecular weight is 241 g/mol. The van der Waals surface area contributed by atoms with Crippen molar-refractivity contribution < 1.29 is 4.79 Å². The van der Waals surface area contributed by atoms with Gasteiger partial charge in [-0.25, -0.2) is 0 Å². The Morgan fingerprint density at radius 1 is 1.44 bits per heavy atom. The minimum Gasteiger partial charge on any atom is -0.352 e. The summed E-state index contributed by atoms with van der Waals surface area (Å²) >= 11 is 0. The van der Waals surface area contributed by atoms with Gasteiger partial charge in [0.25, 0.3) is 5.91 Å². The largest absolute Gasteiger partial charge is 0.352 e. The van der Waals surface area contributed by atoms with Crippen molar-refractivity contribution in [3.8, 4) is 0 Å². The van der Waals surface area contributed by atoms with Gasteiger partial charge in [0.05, 0.1) is 5.52 Å². The van der Waals surface area contributed by atoms with Crippen molar-refractivity contribution in [3.05, 3.63) is 52.5 Å². The fourth-order valence-corrected chi connectivity index (χ4v) is 1.58. The zero-order chi connectivity index (χ0) is 12.8. The Morgan fingerprint density at radius 2 is 2.33 bits per heavy atom. The van der Waals surface area contributed by atoms with E-state index >= 15 is 0 Å². The number of carbonyl (C=O) groups excluding carboxylic acids is 1. The summed E-state index contributed by atoms with van der Waals surface area (Å²) in [5.74, 6) is -0.186. The van der Waals surface area contributed by atoms with E-state index in [2.05, 4.69) is 20.3 Å². The van der Waals surface area contributed by atoms with Crippen molar-refractivity contribution in [1.82, 2.24) is 10.3 Å². The van der Waals surface area contributed by atoms with Gasteiger partial charge in [0.2, 0.25) is 0 Å². The van der Waals surface area contributed by atoms with Crippen LogP contribution in [0, 0.1) is 0 Å². The van der Waals surface area contributed by atoms with Gasteiger partial charge >= 0.3 is 0 Å². The highest BCUT2D eigenvalue weighted by Crippen LogP contribution is 2.13. The highest BCUT2D eigenvalue weighted by molar-refractivity contribution is 5.97. The van der Waals surface area contributed by atoms with Crippen molar-refractivity contribution in [2.24, 2.45) is 5.11 Å². The first-order chi connectivity index (χ1) is 8.81. The molecule has 1 aromatic carbocycles. The highest BCUT2D eigenvalue weighted by Gasteiger charge is 2.05. The molecule has 1 heterocycles. The molecule has 90 valence electrons. The number of nitrogens with one attached hydrogen (secondary N) is 1. The second kappa shape index (κ2) is 5.65. The molecule has 0 atom stereocenters. The molecular weight excluding hydrogens is 230 g/mol. The zero-order valence-corrected chi connectivity index (χ0v) is 9.58. The molecule has 2 rings (SSSR count). The quantitative estimate of drug-likeness (QED) is 0.385. The normalized spacial score (nSPS) is 9.78. The fourth-order valence-electron chi connectivity index (χ4n) is 1.58. The molecule has 0 fully saturated rings. The second-order valence-corrected chi connectivity index (χ2v) is 3.62. The summed E-state index contributed by atoms with van der Waals surface area (Å²) in [4.78, 5) is 18.6. The summed E-state index contributed by atoms with van der Waals surface area (Å²) in [5, 5.41) is 6.93. The van der Waals surface area contributed by atoms with Crippen molar-refractivity contribution in [1.29, 1.82) is 0 Å². The van der Waals surface area contributed by atoms with E-state index in [9.17, 15) is 4.79 Å². The topological polar surface area (TPSA) is 90.8 Å². The SMILES string of the molecule is [N-]=[N+]=NCCNC(=O)c1ccc2ncccc2c1. The number of azide groups is 1. The van der Waals surface area contributed by atoms with E-state index < -0.39 is 0 Å². The van der Waals surface area contributed by atoms with E-state index in [0.717, 1.165) is 10.9 Å². The van der Waals surface area contributed by atoms with Crippen LogP contribution in [0.2, 0.25) is 0 Å². The van der Waals surface area contributed by atoms with Crippen LogP contribution in [0.25, 0.3) is 21.3 Å². The first-order valence-electron chi connectivity index (χ1n) is 5.45. The molecule has 1 N–H and O–H groups in total. The Kier molecular flexibility index (Phi) is 3.73. The number of aromatic nitrogens is 1. The maximum absolute atomic E-state index is 11.8. The molecule has 1 amide bonds. The van der Waals surface area contributed by atoms with E-state index in [-0.39, 0.29) is 12.5 Å². The summed E-state index contributed by atoms with van der Waals surface area (Å²) in [7, 11) is 0. The number of hydrogen-bond donors (Lipinski definition) is 1. The monoisotopic (exact) mass is 241 g/mol. The standard InChI is InChI=1S/C12H11N5O/c13-17-16-7-6-15-12(18)10-3-4-11-9(8-10)2-1-5-14-11/h1-5,8H,6-7H2,(H,15,18). The highest BCUT2D eigenvalue weighted by atomic mass is 16.1. The second-order valence-electron chi connectivity index (χ2n) is 3.62. The van der Waals surface area contributed by atoms with Crippen LogP contribution >= 0.6 is 0 Å². The van der Waals surface area contributed by atoms with Crippen molar-refractivity contribution in [2.75, 3.05) is 13.1 Å². The molecule has 0 aliphatic rings. The number of nitrogens with zero attached hydrogens (tertiary/aromatic N) is 4. The summed E-state index contributed by atoms with van der Waals surface area (Å²) in [6.45, 7) is 0.575. The smallest absolute Gasteiger partial charge is 0.251 e. The number of benzene rings is 1. The van der Waals surface area contributed by atoms with E-state index in [1.54, 1.807) is 24.4 Å². The molecule has 0 radical (unpaired) electrons. The number of pyridine rings is 1. The zero-order valence-electron chi connectivity index (χ0n) is 9.58. The molecule has 0 spiro atoms. The number of carbonyl (C=O) groups is 1. The first-order valence-corrected chi connectivity index (χ1v) is 5.45. The molecule has 6 heteroatoms. The molecule has 1 aromatic heterocycles. The van der Waals surface area contributed by atoms with Crippen LogP contribution < -0.4 is 5.32 Å². The molecule has 0 unspecified atom stereocenters. The lowest BCUT2D eigenvalue weighted by Crippen LogP contribution is -2.25. The molecule has 0 saturated carbocycles. The Bertz CT molecular complexity index is 619. The summed E-state index contributed by atoms with van der Waals surface area (Å²) in [5.41, 5.74) is 9.52. The Balaban J connectivity index is 2.10. The van der Waals surface area contributed by atoms with E-state index in [4.69, 9.17) is 5.53 Å². The number of amides is 1. The van der Waals surface area contributed by atoms with Crippen LogP contribution in [0.15, 0.2) is 41.6 Å². The predicted molar refractivity (Wildman–Crippen MR) is 68.1 cm³/mol. The Hall–Kier alpha value is -2.59. The summed E-state index contributed by atoms with van der Waals surface area (Å²) < 4.78 is 0. The van der Waals surface area contributed by atoms with Crippen LogP contribution in [0.1, 0.15) is 10.4 Å². The van der Waals surface area contributed by atoms with Crippen LogP contribution in [-0.4, -0.2) is 24.0 Å². The maximum atomic E-state index is 11.8. The number of hydrogen-bond acceptors (Lipinski definition) is 3. The molecule has 2 aromatic rings. The molecule has 18 heavy (non-hydrogen) atoms. The fraction of sp³-hybridized carbons (Fsp3) is 0.167. The lowest BCUT2D eigenvalue weighted by Gasteiger charge is -2.04. The van der Waals surface area contributed by atoms with Gasteiger partial charge in [0.1, 0.15) is 0 Å². The van der Waals surface area contributed by atoms with Crippen LogP contribution in [0.3, 0.4) is 0 Å². The van der Waals surface area contributed by atoms with Crippen LogP contribution in [0.5, 0.6) is 0 Å². The van der Waals surface area contributed by atoms with Crippen LogP contribution in [-0.2, 0) is 0 Å². The van der Waals surface area contributed by atoms with Gasteiger partial charge in [0, 0.05) is 35.1 Å². The van der Waals surface area contributed by atoms with Gasteiger partial charge in [-0.15, -0.1) is 0 Å². The minimum atomic E-state index is -0.186. The third-order valence-corrected chi connectivity index (χ3v) is 2.43.